The summed E-state index contributed by atoms with van der Waals surface area (Å²) in [4.78, 5) is 2.42. The van der Waals surface area contributed by atoms with Crippen molar-refractivity contribution in [1.29, 1.82) is 0 Å². The second kappa shape index (κ2) is 4.23. The van der Waals surface area contributed by atoms with E-state index in [1.165, 1.54) is 29.7 Å². The Balaban J connectivity index is 2.27. The zero-order chi connectivity index (χ0) is 10.8. The fourth-order valence-electron chi connectivity index (χ4n) is 2.05. The number of aryl methyl sites for hydroxylation is 1. The summed E-state index contributed by atoms with van der Waals surface area (Å²) in [5.74, 6) is 0. The highest BCUT2D eigenvalue weighted by Gasteiger charge is 2.27. The molecule has 0 saturated heterocycles. The third-order valence-electron chi connectivity index (χ3n) is 3.08. The molecule has 1 saturated carbocycles. The highest BCUT2D eigenvalue weighted by molar-refractivity contribution is 5.56. The molecule has 0 heterocycles. The van der Waals surface area contributed by atoms with E-state index in [-0.39, 0.29) is 0 Å². The van der Waals surface area contributed by atoms with E-state index < -0.39 is 0 Å². The predicted octanol–water partition coefficient (Wildman–Crippen LogP) is 2.31. The van der Waals surface area contributed by atoms with Crippen LogP contribution in [-0.4, -0.2) is 20.1 Å². The van der Waals surface area contributed by atoms with Gasteiger partial charge in [0.25, 0.3) is 0 Å². The number of anilines is 1. The Kier molecular flexibility index (Phi) is 2.96. The van der Waals surface area contributed by atoms with Crippen molar-refractivity contribution in [3.63, 3.8) is 0 Å². The van der Waals surface area contributed by atoms with Crippen LogP contribution in [0.1, 0.15) is 24.0 Å². The molecule has 1 N–H and O–H groups in total. The van der Waals surface area contributed by atoms with Crippen LogP contribution in [0.5, 0.6) is 0 Å². The maximum absolute atomic E-state index is 3.24. The van der Waals surface area contributed by atoms with E-state index in [1.54, 1.807) is 0 Å². The zero-order valence-corrected chi connectivity index (χ0v) is 9.88. The summed E-state index contributed by atoms with van der Waals surface area (Å²) in [6.45, 7) is 3.11. The van der Waals surface area contributed by atoms with Crippen molar-refractivity contribution in [3.05, 3.63) is 29.3 Å². The molecule has 1 aromatic rings. The van der Waals surface area contributed by atoms with Crippen LogP contribution in [0.2, 0.25) is 0 Å². The van der Waals surface area contributed by atoms with Crippen molar-refractivity contribution < 1.29 is 0 Å². The average molecular weight is 204 g/mol. The Morgan fingerprint density at radius 2 is 2.13 bits per heavy atom. The lowest BCUT2D eigenvalue weighted by Gasteiger charge is -2.22. The lowest BCUT2D eigenvalue weighted by Crippen LogP contribution is -2.22. The van der Waals surface area contributed by atoms with Crippen LogP contribution in [0.15, 0.2) is 18.2 Å². The molecule has 0 spiro atoms. The number of rotatable bonds is 4. The van der Waals surface area contributed by atoms with Gasteiger partial charge in [-0.25, -0.2) is 0 Å². The third kappa shape index (κ3) is 2.32. The quantitative estimate of drug-likeness (QED) is 0.809. The van der Waals surface area contributed by atoms with E-state index >= 15 is 0 Å². The monoisotopic (exact) mass is 204 g/mol. The van der Waals surface area contributed by atoms with Gasteiger partial charge in [0.15, 0.2) is 0 Å². The Labute approximate surface area is 92.3 Å². The number of hydrogen-bond donors (Lipinski definition) is 1. The van der Waals surface area contributed by atoms with Crippen LogP contribution in [0.3, 0.4) is 0 Å². The summed E-state index contributed by atoms with van der Waals surface area (Å²) in [6, 6.07) is 7.52. The molecule has 1 aliphatic rings. The standard InChI is InChI=1S/C13H20N2/c1-10-4-7-13(11(8-10)9-14-2)15(3)12-5-6-12/h4,7-8,12,14H,5-6,9H2,1-3H3. The molecule has 1 aromatic carbocycles. The molecule has 0 radical (unpaired) electrons. The fraction of sp³-hybridized carbons (Fsp3) is 0.538. The molecule has 1 aliphatic carbocycles. The van der Waals surface area contributed by atoms with Gasteiger partial charge in [0, 0.05) is 25.3 Å². The molecule has 0 aliphatic heterocycles. The molecular formula is C13H20N2. The summed E-state index contributed by atoms with van der Waals surface area (Å²) >= 11 is 0. The van der Waals surface area contributed by atoms with E-state index in [4.69, 9.17) is 0 Å². The van der Waals surface area contributed by atoms with Gasteiger partial charge < -0.3 is 10.2 Å². The van der Waals surface area contributed by atoms with E-state index in [1.807, 2.05) is 7.05 Å². The van der Waals surface area contributed by atoms with Crippen molar-refractivity contribution in [2.24, 2.45) is 0 Å². The zero-order valence-electron chi connectivity index (χ0n) is 9.88. The summed E-state index contributed by atoms with van der Waals surface area (Å²) in [6.07, 6.45) is 2.70. The van der Waals surface area contributed by atoms with Gasteiger partial charge in [-0.05, 0) is 38.4 Å². The van der Waals surface area contributed by atoms with Crippen molar-refractivity contribution in [2.45, 2.75) is 32.4 Å². The van der Waals surface area contributed by atoms with Gasteiger partial charge in [-0.1, -0.05) is 17.7 Å². The Bertz CT molecular complexity index is 342. The van der Waals surface area contributed by atoms with E-state index in [9.17, 15) is 0 Å². The SMILES string of the molecule is CNCc1cc(C)ccc1N(C)C1CC1. The number of nitrogens with one attached hydrogen (secondary N) is 1. The van der Waals surface area contributed by atoms with Gasteiger partial charge in [-0.3, -0.25) is 0 Å². The molecule has 82 valence electrons. The second-order valence-corrected chi connectivity index (χ2v) is 4.50. The molecule has 0 bridgehead atoms. The minimum Gasteiger partial charge on any atom is -0.371 e. The largest absolute Gasteiger partial charge is 0.371 e. The number of hydrogen-bond acceptors (Lipinski definition) is 2. The van der Waals surface area contributed by atoms with Crippen molar-refractivity contribution >= 4 is 5.69 Å². The van der Waals surface area contributed by atoms with E-state index in [0.29, 0.717) is 0 Å². The van der Waals surface area contributed by atoms with Crippen LogP contribution < -0.4 is 10.2 Å². The first-order valence-electron chi connectivity index (χ1n) is 5.69. The highest BCUT2D eigenvalue weighted by Crippen LogP contribution is 2.32. The van der Waals surface area contributed by atoms with Crippen LogP contribution in [-0.2, 0) is 6.54 Å². The molecule has 0 unspecified atom stereocenters. The first kappa shape index (κ1) is 10.5. The van der Waals surface area contributed by atoms with Crippen LogP contribution >= 0.6 is 0 Å². The van der Waals surface area contributed by atoms with Crippen LogP contribution in [0.4, 0.5) is 5.69 Å². The van der Waals surface area contributed by atoms with Gasteiger partial charge in [-0.2, -0.15) is 0 Å². The van der Waals surface area contributed by atoms with Gasteiger partial charge >= 0.3 is 0 Å². The topological polar surface area (TPSA) is 15.3 Å². The number of nitrogens with zero attached hydrogens (tertiary/aromatic N) is 1. The Morgan fingerprint density at radius 3 is 2.73 bits per heavy atom. The van der Waals surface area contributed by atoms with Crippen LogP contribution in [0, 0.1) is 6.92 Å². The Morgan fingerprint density at radius 1 is 1.40 bits per heavy atom. The van der Waals surface area contributed by atoms with Crippen LogP contribution in [0.25, 0.3) is 0 Å². The molecular weight excluding hydrogens is 184 g/mol. The molecule has 15 heavy (non-hydrogen) atoms. The highest BCUT2D eigenvalue weighted by atomic mass is 15.2. The first-order chi connectivity index (χ1) is 7.22. The predicted molar refractivity (Wildman–Crippen MR) is 65.4 cm³/mol. The smallest absolute Gasteiger partial charge is 0.0411 e. The minimum absolute atomic E-state index is 0.781. The summed E-state index contributed by atoms with van der Waals surface area (Å²) in [5.41, 5.74) is 4.14. The summed E-state index contributed by atoms with van der Waals surface area (Å²) in [7, 11) is 4.21. The molecule has 0 atom stereocenters. The maximum atomic E-state index is 3.24. The fourth-order valence-corrected chi connectivity index (χ4v) is 2.05. The van der Waals surface area contributed by atoms with Gasteiger partial charge in [0.05, 0.1) is 0 Å². The van der Waals surface area contributed by atoms with Crippen molar-refractivity contribution in [2.75, 3.05) is 19.0 Å². The number of benzene rings is 1. The molecule has 0 amide bonds. The molecule has 2 rings (SSSR count). The summed E-state index contributed by atoms with van der Waals surface area (Å²) in [5, 5.41) is 3.24. The first-order valence-corrected chi connectivity index (χ1v) is 5.69. The van der Waals surface area contributed by atoms with Gasteiger partial charge in [0.2, 0.25) is 0 Å². The maximum Gasteiger partial charge on any atom is 0.0411 e. The third-order valence-corrected chi connectivity index (χ3v) is 3.08. The lowest BCUT2D eigenvalue weighted by atomic mass is 10.1. The molecule has 2 heteroatoms. The van der Waals surface area contributed by atoms with Gasteiger partial charge in [0.1, 0.15) is 0 Å². The minimum atomic E-state index is 0.781. The van der Waals surface area contributed by atoms with E-state index in [0.717, 1.165) is 12.6 Å². The molecule has 0 aromatic heterocycles. The van der Waals surface area contributed by atoms with Crippen molar-refractivity contribution in [1.82, 2.24) is 5.32 Å². The summed E-state index contributed by atoms with van der Waals surface area (Å²) < 4.78 is 0. The average Bonchev–Trinajstić information content (AvgIpc) is 3.01. The second-order valence-electron chi connectivity index (χ2n) is 4.50. The normalized spacial score (nSPS) is 15.4. The Hall–Kier alpha value is -1.02. The lowest BCUT2D eigenvalue weighted by molar-refractivity contribution is 0.803. The molecule has 1 fully saturated rings. The van der Waals surface area contributed by atoms with Crippen molar-refractivity contribution in [3.8, 4) is 0 Å². The van der Waals surface area contributed by atoms with E-state index in [2.05, 4.69) is 42.4 Å². The molecule has 2 nitrogen and oxygen atoms in total. The van der Waals surface area contributed by atoms with Gasteiger partial charge in [-0.15, -0.1) is 0 Å².